The molecule has 1 saturated heterocycles. The molecule has 108 valence electrons. The van der Waals surface area contributed by atoms with E-state index in [-0.39, 0.29) is 6.04 Å². The lowest BCUT2D eigenvalue weighted by Crippen LogP contribution is -2.25. The number of ether oxygens (including phenoxy) is 2. The lowest BCUT2D eigenvalue weighted by molar-refractivity contribution is 0.0941. The van der Waals surface area contributed by atoms with E-state index in [4.69, 9.17) is 9.47 Å². The van der Waals surface area contributed by atoms with E-state index in [0.717, 1.165) is 43.9 Å². The largest absolute Gasteiger partial charge is 0.493 e. The molecular weight excluding hydrogens is 242 g/mol. The van der Waals surface area contributed by atoms with Gasteiger partial charge in [0.2, 0.25) is 0 Å². The van der Waals surface area contributed by atoms with E-state index in [1.165, 1.54) is 6.42 Å². The molecule has 0 saturated carbocycles. The van der Waals surface area contributed by atoms with E-state index in [1.807, 2.05) is 13.2 Å². The van der Waals surface area contributed by atoms with Crippen LogP contribution in [0.15, 0.2) is 6.20 Å². The van der Waals surface area contributed by atoms with Gasteiger partial charge >= 0.3 is 0 Å². The number of hydrogen-bond donors (Lipinski definition) is 1. The molecule has 1 aliphatic heterocycles. The zero-order valence-corrected chi connectivity index (χ0v) is 12.2. The maximum Gasteiger partial charge on any atom is 0.161 e. The smallest absolute Gasteiger partial charge is 0.161 e. The number of aromatic nitrogens is 2. The molecule has 2 rings (SSSR count). The second-order valence-electron chi connectivity index (χ2n) is 5.03. The number of aryl methyl sites for hydroxylation is 1. The van der Waals surface area contributed by atoms with Crippen molar-refractivity contribution in [3.05, 3.63) is 11.9 Å². The summed E-state index contributed by atoms with van der Waals surface area (Å²) in [4.78, 5) is 0. The summed E-state index contributed by atoms with van der Waals surface area (Å²) in [7, 11) is 3.69. The Bertz CT molecular complexity index is 386. The first-order valence-electron chi connectivity index (χ1n) is 7.18. The highest BCUT2D eigenvalue weighted by Gasteiger charge is 2.26. The Kier molecular flexibility index (Phi) is 5.22. The van der Waals surface area contributed by atoms with Gasteiger partial charge in [-0.2, -0.15) is 5.10 Å². The predicted octanol–water partition coefficient (Wildman–Crippen LogP) is 2.13. The molecule has 0 radical (unpaired) electrons. The van der Waals surface area contributed by atoms with Gasteiger partial charge in [0.05, 0.1) is 31.1 Å². The van der Waals surface area contributed by atoms with Crippen molar-refractivity contribution in [3.63, 3.8) is 0 Å². The van der Waals surface area contributed by atoms with E-state index >= 15 is 0 Å². The van der Waals surface area contributed by atoms with Gasteiger partial charge in [-0.25, -0.2) is 0 Å². The van der Waals surface area contributed by atoms with Gasteiger partial charge < -0.3 is 14.8 Å². The van der Waals surface area contributed by atoms with Crippen LogP contribution in [0.3, 0.4) is 0 Å². The van der Waals surface area contributed by atoms with Gasteiger partial charge in [0, 0.05) is 13.2 Å². The van der Waals surface area contributed by atoms with Gasteiger partial charge in [-0.15, -0.1) is 0 Å². The van der Waals surface area contributed by atoms with E-state index < -0.39 is 0 Å². The Labute approximate surface area is 115 Å². The fraction of sp³-hybridized carbons (Fsp3) is 0.786. The van der Waals surface area contributed by atoms with Gasteiger partial charge in [-0.3, -0.25) is 4.68 Å². The zero-order chi connectivity index (χ0) is 13.7. The van der Waals surface area contributed by atoms with E-state index in [2.05, 4.69) is 22.0 Å². The first-order valence-corrected chi connectivity index (χ1v) is 7.18. The van der Waals surface area contributed by atoms with Crippen molar-refractivity contribution in [1.29, 1.82) is 0 Å². The maximum atomic E-state index is 5.75. The monoisotopic (exact) mass is 267 g/mol. The highest BCUT2D eigenvalue weighted by Crippen LogP contribution is 2.30. The molecule has 19 heavy (non-hydrogen) atoms. The van der Waals surface area contributed by atoms with Gasteiger partial charge in [-0.05, 0) is 32.7 Å². The molecule has 1 N–H and O–H groups in total. The molecule has 1 aliphatic rings. The lowest BCUT2D eigenvalue weighted by Gasteiger charge is -2.22. The molecule has 1 fully saturated rings. The van der Waals surface area contributed by atoms with E-state index in [9.17, 15) is 0 Å². The number of hydrogen-bond acceptors (Lipinski definition) is 4. The average Bonchev–Trinajstić information content (AvgIpc) is 3.05. The predicted molar refractivity (Wildman–Crippen MR) is 74.5 cm³/mol. The molecular formula is C14H25N3O2. The minimum Gasteiger partial charge on any atom is -0.493 e. The molecule has 1 aromatic heterocycles. The Morgan fingerprint density at radius 3 is 3.05 bits per heavy atom. The van der Waals surface area contributed by atoms with Crippen LogP contribution in [-0.2, 0) is 11.3 Å². The van der Waals surface area contributed by atoms with Crippen molar-refractivity contribution < 1.29 is 9.47 Å². The third-order valence-corrected chi connectivity index (χ3v) is 3.70. The number of nitrogens with one attached hydrogen (secondary N) is 1. The molecule has 2 heterocycles. The molecule has 0 aromatic carbocycles. The molecule has 0 aliphatic carbocycles. The van der Waals surface area contributed by atoms with Crippen LogP contribution in [0.1, 0.15) is 44.3 Å². The van der Waals surface area contributed by atoms with Crippen molar-refractivity contribution in [2.45, 2.75) is 51.3 Å². The summed E-state index contributed by atoms with van der Waals surface area (Å²) < 4.78 is 13.3. The van der Waals surface area contributed by atoms with Crippen LogP contribution in [0.5, 0.6) is 5.75 Å². The highest BCUT2D eigenvalue weighted by atomic mass is 16.5. The molecule has 1 aromatic rings. The summed E-state index contributed by atoms with van der Waals surface area (Å²) in [5, 5.41) is 7.82. The summed E-state index contributed by atoms with van der Waals surface area (Å²) >= 11 is 0. The summed E-state index contributed by atoms with van der Waals surface area (Å²) in [5.74, 6) is 0.866. The van der Waals surface area contributed by atoms with E-state index in [1.54, 1.807) is 7.11 Å². The Morgan fingerprint density at radius 2 is 2.47 bits per heavy atom. The number of rotatable bonds is 7. The lowest BCUT2D eigenvalue weighted by atomic mass is 10.0. The van der Waals surface area contributed by atoms with Crippen molar-refractivity contribution in [1.82, 2.24) is 15.1 Å². The first kappa shape index (κ1) is 14.3. The first-order chi connectivity index (χ1) is 9.30. The summed E-state index contributed by atoms with van der Waals surface area (Å²) in [6.07, 6.45) is 6.53. The van der Waals surface area contributed by atoms with Crippen molar-refractivity contribution in [2.24, 2.45) is 0 Å². The fourth-order valence-corrected chi connectivity index (χ4v) is 2.74. The van der Waals surface area contributed by atoms with Crippen LogP contribution in [0.2, 0.25) is 0 Å². The highest BCUT2D eigenvalue weighted by molar-refractivity contribution is 5.28. The van der Waals surface area contributed by atoms with Crippen LogP contribution >= 0.6 is 0 Å². The number of methoxy groups -OCH3 is 1. The SMILES string of the molecule is CCCn1ncc(OC)c1C(CC1CCCO1)NC. The molecule has 0 bridgehead atoms. The Morgan fingerprint density at radius 1 is 1.63 bits per heavy atom. The van der Waals surface area contributed by atoms with Crippen LogP contribution in [0.25, 0.3) is 0 Å². The maximum absolute atomic E-state index is 5.75. The third-order valence-electron chi connectivity index (χ3n) is 3.70. The third kappa shape index (κ3) is 3.28. The molecule has 0 spiro atoms. The number of nitrogens with zero attached hydrogens (tertiary/aromatic N) is 2. The second kappa shape index (κ2) is 6.91. The Hall–Kier alpha value is -1.07. The molecule has 5 heteroatoms. The van der Waals surface area contributed by atoms with Crippen molar-refractivity contribution >= 4 is 0 Å². The minimum atomic E-state index is 0.229. The van der Waals surface area contributed by atoms with Crippen LogP contribution in [-0.4, -0.2) is 36.6 Å². The normalized spacial score (nSPS) is 20.7. The van der Waals surface area contributed by atoms with Gasteiger partial charge in [-0.1, -0.05) is 6.92 Å². The van der Waals surface area contributed by atoms with Crippen LogP contribution in [0, 0.1) is 0 Å². The van der Waals surface area contributed by atoms with Gasteiger partial charge in [0.25, 0.3) is 0 Å². The summed E-state index contributed by atoms with van der Waals surface area (Å²) in [6, 6.07) is 0.229. The standard InChI is InChI=1S/C14H25N3O2/c1-4-7-17-14(13(18-3)10-16-17)12(15-2)9-11-6-5-8-19-11/h10-12,15H,4-9H2,1-3H3. The quantitative estimate of drug-likeness (QED) is 0.822. The van der Waals surface area contributed by atoms with Crippen molar-refractivity contribution in [3.8, 4) is 5.75 Å². The molecule has 0 amide bonds. The Balaban J connectivity index is 2.17. The summed E-state index contributed by atoms with van der Waals surface area (Å²) in [5.41, 5.74) is 1.14. The van der Waals surface area contributed by atoms with Crippen LogP contribution < -0.4 is 10.1 Å². The van der Waals surface area contributed by atoms with E-state index in [0.29, 0.717) is 6.10 Å². The minimum absolute atomic E-state index is 0.229. The second-order valence-corrected chi connectivity index (χ2v) is 5.03. The molecule has 2 unspecified atom stereocenters. The van der Waals surface area contributed by atoms with Gasteiger partial charge in [0.15, 0.2) is 5.75 Å². The average molecular weight is 267 g/mol. The van der Waals surface area contributed by atoms with Crippen molar-refractivity contribution in [2.75, 3.05) is 20.8 Å². The fourth-order valence-electron chi connectivity index (χ4n) is 2.74. The van der Waals surface area contributed by atoms with Crippen LogP contribution in [0.4, 0.5) is 0 Å². The molecule has 5 nitrogen and oxygen atoms in total. The summed E-state index contributed by atoms with van der Waals surface area (Å²) in [6.45, 7) is 3.97. The van der Waals surface area contributed by atoms with Gasteiger partial charge in [0.1, 0.15) is 0 Å². The topological polar surface area (TPSA) is 48.3 Å². The molecule has 2 atom stereocenters. The zero-order valence-electron chi connectivity index (χ0n) is 12.2.